The summed E-state index contributed by atoms with van der Waals surface area (Å²) < 4.78 is 52.1. The lowest BCUT2D eigenvalue weighted by Crippen LogP contribution is -2.36. The van der Waals surface area contributed by atoms with E-state index in [0.717, 1.165) is 5.56 Å². The number of nitrogens with zero attached hydrogens (tertiary/aromatic N) is 1. The zero-order valence-corrected chi connectivity index (χ0v) is 16.0. The molecule has 1 aliphatic heterocycles. The molecule has 0 saturated carbocycles. The quantitative estimate of drug-likeness (QED) is 0.790. The van der Waals surface area contributed by atoms with Crippen LogP contribution in [-0.4, -0.2) is 43.4 Å². The molecular formula is C20H21F3N2O4. The minimum absolute atomic E-state index is 0.199. The van der Waals surface area contributed by atoms with Crippen molar-refractivity contribution in [2.45, 2.75) is 25.4 Å². The van der Waals surface area contributed by atoms with E-state index < -0.39 is 18.2 Å². The number of alkyl halides is 3. The normalized spacial score (nSPS) is 13.7. The van der Waals surface area contributed by atoms with Crippen LogP contribution in [0.4, 0.5) is 13.2 Å². The zero-order valence-electron chi connectivity index (χ0n) is 16.0. The van der Waals surface area contributed by atoms with Crippen molar-refractivity contribution < 1.29 is 32.2 Å². The number of aromatic nitrogens is 1. The summed E-state index contributed by atoms with van der Waals surface area (Å²) >= 11 is 0. The van der Waals surface area contributed by atoms with Crippen LogP contribution in [0.15, 0.2) is 36.5 Å². The van der Waals surface area contributed by atoms with Gasteiger partial charge in [0.2, 0.25) is 5.88 Å². The smallest absolute Gasteiger partial charge is 0.422 e. The van der Waals surface area contributed by atoms with Crippen molar-refractivity contribution in [3.05, 3.63) is 47.7 Å². The molecule has 6 nitrogen and oxygen atoms in total. The molecule has 0 radical (unpaired) electrons. The Morgan fingerprint density at radius 3 is 2.52 bits per heavy atom. The molecule has 1 N–H and O–H groups in total. The van der Waals surface area contributed by atoms with Crippen molar-refractivity contribution in [1.82, 2.24) is 10.3 Å². The Morgan fingerprint density at radius 1 is 1.14 bits per heavy atom. The molecule has 156 valence electrons. The maximum absolute atomic E-state index is 12.4. The number of fused-ring (bicyclic) bond motifs is 1. The van der Waals surface area contributed by atoms with Crippen LogP contribution in [-0.2, 0) is 5.41 Å². The van der Waals surface area contributed by atoms with Gasteiger partial charge in [-0.2, -0.15) is 13.2 Å². The first-order valence-corrected chi connectivity index (χ1v) is 8.98. The van der Waals surface area contributed by atoms with Gasteiger partial charge in [-0.05, 0) is 23.8 Å². The summed E-state index contributed by atoms with van der Waals surface area (Å²) in [5.74, 6) is 0.784. The number of carbonyl (C=O) groups is 1. The Balaban J connectivity index is 1.59. The van der Waals surface area contributed by atoms with Gasteiger partial charge in [-0.25, -0.2) is 4.98 Å². The van der Waals surface area contributed by atoms with Crippen molar-refractivity contribution in [1.29, 1.82) is 0 Å². The van der Waals surface area contributed by atoms with E-state index in [2.05, 4.69) is 15.0 Å². The Hall–Kier alpha value is -2.97. The summed E-state index contributed by atoms with van der Waals surface area (Å²) in [4.78, 5) is 16.1. The van der Waals surface area contributed by atoms with Crippen LogP contribution in [0.5, 0.6) is 17.4 Å². The molecule has 0 fully saturated rings. The molecule has 0 saturated heterocycles. The predicted molar refractivity (Wildman–Crippen MR) is 98.6 cm³/mol. The third-order valence-corrected chi connectivity index (χ3v) is 4.40. The molecule has 0 spiro atoms. The Labute approximate surface area is 166 Å². The van der Waals surface area contributed by atoms with Gasteiger partial charge in [0.1, 0.15) is 13.2 Å². The second kappa shape index (κ2) is 8.18. The van der Waals surface area contributed by atoms with E-state index in [1.54, 1.807) is 0 Å². The summed E-state index contributed by atoms with van der Waals surface area (Å²) in [6.07, 6.45) is -3.27. The molecule has 0 bridgehead atoms. The van der Waals surface area contributed by atoms with Crippen LogP contribution in [0.3, 0.4) is 0 Å². The Morgan fingerprint density at radius 2 is 1.86 bits per heavy atom. The Bertz CT molecular complexity index is 867. The molecule has 0 atom stereocenters. The first kappa shape index (κ1) is 20.8. The van der Waals surface area contributed by atoms with Crippen LogP contribution in [0, 0.1) is 0 Å². The molecule has 2 aromatic rings. The molecule has 2 heterocycles. The third-order valence-electron chi connectivity index (χ3n) is 4.40. The van der Waals surface area contributed by atoms with Gasteiger partial charge >= 0.3 is 6.18 Å². The van der Waals surface area contributed by atoms with E-state index in [9.17, 15) is 18.0 Å². The number of ether oxygens (including phenoxy) is 3. The standard InChI is InChI=1S/C20H21F3N2O4/c1-19(2,14-4-5-15-16(9-14)28-8-7-27-15)11-25-18(26)13-3-6-17(24-10-13)29-12-20(21,22)23/h3-6,9-10H,7-8,11-12H2,1-2H3,(H,25,26). The molecule has 1 aromatic heterocycles. The number of hydrogen-bond acceptors (Lipinski definition) is 5. The van der Waals surface area contributed by atoms with Gasteiger partial charge in [0, 0.05) is 24.2 Å². The molecule has 0 unspecified atom stereocenters. The SMILES string of the molecule is CC(C)(CNC(=O)c1ccc(OCC(F)(F)F)nc1)c1ccc2c(c1)OCCO2. The average Bonchev–Trinajstić information content (AvgIpc) is 2.70. The van der Waals surface area contributed by atoms with Crippen molar-refractivity contribution in [3.8, 4) is 17.4 Å². The number of hydrogen-bond donors (Lipinski definition) is 1. The molecule has 1 aliphatic rings. The highest BCUT2D eigenvalue weighted by molar-refractivity contribution is 5.93. The van der Waals surface area contributed by atoms with E-state index in [1.807, 2.05) is 32.0 Å². The van der Waals surface area contributed by atoms with Crippen molar-refractivity contribution >= 4 is 5.91 Å². The number of nitrogens with one attached hydrogen (secondary N) is 1. The summed E-state index contributed by atoms with van der Waals surface area (Å²) in [6.45, 7) is 3.85. The van der Waals surface area contributed by atoms with Crippen molar-refractivity contribution in [3.63, 3.8) is 0 Å². The average molecular weight is 410 g/mol. The molecule has 1 aromatic carbocycles. The summed E-state index contributed by atoms with van der Waals surface area (Å²) in [6, 6.07) is 8.26. The van der Waals surface area contributed by atoms with Crippen LogP contribution < -0.4 is 19.5 Å². The lowest BCUT2D eigenvalue weighted by molar-refractivity contribution is -0.154. The molecule has 3 rings (SSSR count). The van der Waals surface area contributed by atoms with Crippen LogP contribution >= 0.6 is 0 Å². The van der Waals surface area contributed by atoms with Gasteiger partial charge in [-0.3, -0.25) is 4.79 Å². The Kier molecular flexibility index (Phi) is 5.86. The lowest BCUT2D eigenvalue weighted by atomic mass is 9.84. The fourth-order valence-corrected chi connectivity index (χ4v) is 2.73. The van der Waals surface area contributed by atoms with E-state index in [4.69, 9.17) is 9.47 Å². The summed E-state index contributed by atoms with van der Waals surface area (Å²) in [7, 11) is 0. The number of carbonyl (C=O) groups excluding carboxylic acids is 1. The first-order valence-electron chi connectivity index (χ1n) is 8.98. The highest BCUT2D eigenvalue weighted by Gasteiger charge is 2.29. The van der Waals surface area contributed by atoms with Crippen molar-refractivity contribution in [2.75, 3.05) is 26.4 Å². The number of rotatable bonds is 6. The van der Waals surface area contributed by atoms with Crippen LogP contribution in [0.1, 0.15) is 29.8 Å². The van der Waals surface area contributed by atoms with Crippen LogP contribution in [0.2, 0.25) is 0 Å². The maximum Gasteiger partial charge on any atom is 0.422 e. The van der Waals surface area contributed by atoms with Gasteiger partial charge in [0.25, 0.3) is 5.91 Å². The summed E-state index contributed by atoms with van der Waals surface area (Å²) in [5.41, 5.74) is 0.799. The maximum atomic E-state index is 12.4. The minimum Gasteiger partial charge on any atom is -0.486 e. The highest BCUT2D eigenvalue weighted by Crippen LogP contribution is 2.35. The molecule has 1 amide bonds. The predicted octanol–water partition coefficient (Wildman–Crippen LogP) is 3.50. The number of pyridine rings is 1. The molecular weight excluding hydrogens is 389 g/mol. The fourth-order valence-electron chi connectivity index (χ4n) is 2.73. The third kappa shape index (κ3) is 5.52. The summed E-state index contributed by atoms with van der Waals surface area (Å²) in [5, 5.41) is 2.82. The highest BCUT2D eigenvalue weighted by atomic mass is 19.4. The van der Waals surface area contributed by atoms with E-state index in [0.29, 0.717) is 31.3 Å². The lowest BCUT2D eigenvalue weighted by Gasteiger charge is -2.27. The van der Waals surface area contributed by atoms with Crippen molar-refractivity contribution in [2.24, 2.45) is 0 Å². The van der Waals surface area contributed by atoms with E-state index in [-0.39, 0.29) is 17.4 Å². The number of benzene rings is 1. The van der Waals surface area contributed by atoms with Gasteiger partial charge in [0.05, 0.1) is 5.56 Å². The number of halogens is 3. The van der Waals surface area contributed by atoms with E-state index in [1.165, 1.54) is 18.3 Å². The van der Waals surface area contributed by atoms with Gasteiger partial charge in [-0.1, -0.05) is 19.9 Å². The van der Waals surface area contributed by atoms with E-state index >= 15 is 0 Å². The van der Waals surface area contributed by atoms with Gasteiger partial charge < -0.3 is 19.5 Å². The molecule has 29 heavy (non-hydrogen) atoms. The molecule has 0 aliphatic carbocycles. The minimum atomic E-state index is -4.45. The zero-order chi connectivity index (χ0) is 21.1. The second-order valence-corrected chi connectivity index (χ2v) is 7.21. The monoisotopic (exact) mass is 410 g/mol. The number of amides is 1. The fraction of sp³-hybridized carbons (Fsp3) is 0.400. The van der Waals surface area contributed by atoms with Crippen LogP contribution in [0.25, 0.3) is 0 Å². The largest absolute Gasteiger partial charge is 0.486 e. The topological polar surface area (TPSA) is 69.7 Å². The van der Waals surface area contributed by atoms with Gasteiger partial charge in [0.15, 0.2) is 18.1 Å². The second-order valence-electron chi connectivity index (χ2n) is 7.21. The first-order chi connectivity index (χ1) is 13.6. The van der Waals surface area contributed by atoms with Gasteiger partial charge in [-0.15, -0.1) is 0 Å². The molecule has 9 heteroatoms.